The fraction of sp³-hybridized carbons (Fsp3) is 0.605. The summed E-state index contributed by atoms with van der Waals surface area (Å²) >= 11 is 0. The van der Waals surface area contributed by atoms with Crippen LogP contribution in [0.5, 0.6) is 5.75 Å². The maximum absolute atomic E-state index is 13.5. The number of rotatable bonds is 13. The minimum atomic E-state index is -2.74. The molecular weight excluding hydrogens is 676 g/mol. The number of halogens is 1. The Morgan fingerprint density at radius 1 is 1.00 bits per heavy atom. The minimum Gasteiger partial charge on any atom is -0.484 e. The Bertz CT molecular complexity index is 1530. The lowest BCUT2D eigenvalue weighted by Gasteiger charge is -2.47. The van der Waals surface area contributed by atoms with Crippen molar-refractivity contribution in [2.24, 2.45) is 11.8 Å². The smallest absolute Gasteiger partial charge is 0.258 e. The van der Waals surface area contributed by atoms with Crippen LogP contribution in [0.25, 0.3) is 0 Å². The fourth-order valence-electron chi connectivity index (χ4n) is 6.34. The molecule has 51 heavy (non-hydrogen) atoms. The molecule has 0 bridgehead atoms. The Morgan fingerprint density at radius 2 is 1.65 bits per heavy atom. The molecule has 1 heterocycles. The topological polar surface area (TPSA) is 154 Å². The number of hydrogen-bond donors (Lipinski definition) is 4. The molecule has 4 N–H and O–H groups in total. The Balaban J connectivity index is 0.000000908. The van der Waals surface area contributed by atoms with Crippen molar-refractivity contribution in [3.63, 3.8) is 0 Å². The quantitative estimate of drug-likeness (QED) is 0.244. The van der Waals surface area contributed by atoms with Crippen molar-refractivity contribution < 1.29 is 37.0 Å². The number of aliphatic hydroxyl groups excluding tert-OH is 1. The highest BCUT2D eigenvalue weighted by Gasteiger charge is 2.41. The van der Waals surface area contributed by atoms with E-state index in [2.05, 4.69) is 20.9 Å². The number of aliphatic hydroxyl groups is 1. The van der Waals surface area contributed by atoms with Crippen LogP contribution in [0.3, 0.4) is 0 Å². The van der Waals surface area contributed by atoms with Gasteiger partial charge in [0.25, 0.3) is 5.91 Å². The summed E-state index contributed by atoms with van der Waals surface area (Å²) in [7, 11) is -2.74. The first-order valence-corrected chi connectivity index (χ1v) is 19.8. The van der Waals surface area contributed by atoms with E-state index in [4.69, 9.17) is 4.74 Å². The van der Waals surface area contributed by atoms with Crippen LogP contribution in [0.2, 0.25) is 0 Å². The fourth-order valence-corrected chi connectivity index (χ4v) is 6.34. The lowest BCUT2D eigenvalue weighted by Crippen LogP contribution is -2.60. The zero-order valence-electron chi connectivity index (χ0n) is 30.9. The number of piperidine rings is 1. The maximum atomic E-state index is 13.5. The van der Waals surface area contributed by atoms with Crippen molar-refractivity contribution in [1.82, 2.24) is 20.9 Å². The summed E-state index contributed by atoms with van der Waals surface area (Å²) in [5, 5.41) is 19.9. The van der Waals surface area contributed by atoms with Gasteiger partial charge in [-0.1, -0.05) is 55.7 Å². The number of fused-ring (bicyclic) bond motifs is 1. The van der Waals surface area contributed by atoms with Crippen LogP contribution < -0.4 is 20.7 Å². The summed E-state index contributed by atoms with van der Waals surface area (Å²) in [5.41, 5.74) is 0.568. The summed E-state index contributed by atoms with van der Waals surface area (Å²) in [6.45, 7) is 9.50. The van der Waals surface area contributed by atoms with Gasteiger partial charge in [-0.05, 0) is 83.4 Å². The molecular formula is C38H57FN4O7S. The van der Waals surface area contributed by atoms with Crippen LogP contribution >= 0.6 is 0 Å². The molecule has 0 radical (unpaired) electrons. The SMILES string of the molecule is CC(C)(C)NC(=O)C1CC2CCCCC2CN1CC(O)C(Cc1ccccc1)NC(=O)CNC(=O)COc1cccc(F)c1.CC(C)S(C)(=O)=O. The number of likely N-dealkylation sites (tertiary alicyclic amines) is 1. The summed E-state index contributed by atoms with van der Waals surface area (Å²) < 4.78 is 39.3. The molecule has 1 aliphatic heterocycles. The van der Waals surface area contributed by atoms with E-state index >= 15 is 0 Å². The lowest BCUT2D eigenvalue weighted by atomic mass is 9.72. The normalized spacial score (nSPS) is 20.5. The third-order valence-electron chi connectivity index (χ3n) is 9.30. The third kappa shape index (κ3) is 14.9. The number of carbonyl (C=O) groups excluding carboxylic acids is 3. The van der Waals surface area contributed by atoms with E-state index in [0.29, 0.717) is 18.3 Å². The third-order valence-corrected chi connectivity index (χ3v) is 11.0. The molecule has 1 saturated heterocycles. The van der Waals surface area contributed by atoms with Crippen LogP contribution in [-0.2, 0) is 30.6 Å². The molecule has 5 unspecified atom stereocenters. The molecule has 284 valence electrons. The van der Waals surface area contributed by atoms with Gasteiger partial charge in [0.15, 0.2) is 6.61 Å². The van der Waals surface area contributed by atoms with Crippen LogP contribution in [0.4, 0.5) is 4.39 Å². The highest BCUT2D eigenvalue weighted by Crippen LogP contribution is 2.39. The first-order valence-electron chi connectivity index (χ1n) is 17.8. The molecule has 3 amide bonds. The second-order valence-electron chi connectivity index (χ2n) is 15.1. The number of β-amino-alcohol motifs (C(OH)–C–C–N with tert-alkyl or cyclic N) is 1. The summed E-state index contributed by atoms with van der Waals surface area (Å²) in [6.07, 6.45) is 6.04. The van der Waals surface area contributed by atoms with E-state index in [1.54, 1.807) is 13.8 Å². The van der Waals surface area contributed by atoms with E-state index in [9.17, 15) is 32.3 Å². The number of amides is 3. The Kier molecular flexibility index (Phi) is 15.9. The molecule has 11 nitrogen and oxygen atoms in total. The van der Waals surface area contributed by atoms with Gasteiger partial charge >= 0.3 is 0 Å². The monoisotopic (exact) mass is 732 g/mol. The average Bonchev–Trinajstić information content (AvgIpc) is 3.05. The molecule has 2 fully saturated rings. The summed E-state index contributed by atoms with van der Waals surface area (Å²) in [6, 6.07) is 14.0. The van der Waals surface area contributed by atoms with Crippen molar-refractivity contribution in [2.75, 3.05) is 32.5 Å². The molecule has 0 aromatic heterocycles. The molecule has 1 saturated carbocycles. The number of hydrogen-bond acceptors (Lipinski definition) is 8. The van der Waals surface area contributed by atoms with Gasteiger partial charge in [-0.15, -0.1) is 0 Å². The molecule has 0 spiro atoms. The first-order chi connectivity index (χ1) is 23.9. The van der Waals surface area contributed by atoms with E-state index in [1.807, 2.05) is 51.1 Å². The van der Waals surface area contributed by atoms with Crippen molar-refractivity contribution in [3.05, 3.63) is 66.0 Å². The van der Waals surface area contributed by atoms with Crippen molar-refractivity contribution in [1.29, 1.82) is 0 Å². The number of ether oxygens (including phenoxy) is 1. The molecule has 4 rings (SSSR count). The average molecular weight is 733 g/mol. The van der Waals surface area contributed by atoms with Gasteiger partial charge < -0.3 is 25.8 Å². The molecule has 2 aliphatic rings. The molecule has 2 aromatic carbocycles. The highest BCUT2D eigenvalue weighted by atomic mass is 32.2. The van der Waals surface area contributed by atoms with Gasteiger partial charge in [0, 0.05) is 31.0 Å². The Hall–Kier alpha value is -3.55. The Labute approximate surface area is 303 Å². The number of carbonyl (C=O) groups is 3. The lowest BCUT2D eigenvalue weighted by molar-refractivity contribution is -0.133. The van der Waals surface area contributed by atoms with E-state index in [0.717, 1.165) is 31.4 Å². The standard InChI is InChI=1S/C34H47FN4O5.C4H10O2S/c1-34(2,3)38-33(43)29-17-24-12-7-8-13-25(24)20-39(29)21-30(40)28(16-23-10-5-4-6-11-23)37-31(41)19-36-32(42)22-44-27-15-9-14-26(35)18-27;1-4(2)7(3,5)6/h4-6,9-11,14-15,18,24-25,28-30,40H,7-8,12-13,16-17,19-22H2,1-3H3,(H,36,42)(H,37,41)(H,38,43);4H,1-3H3. The van der Waals surface area contributed by atoms with Crippen LogP contribution in [-0.4, -0.2) is 97.6 Å². The van der Waals surface area contributed by atoms with E-state index in [1.165, 1.54) is 43.4 Å². The number of sulfone groups is 1. The molecule has 13 heteroatoms. The maximum Gasteiger partial charge on any atom is 0.258 e. The molecule has 1 aliphatic carbocycles. The van der Waals surface area contributed by atoms with Gasteiger partial charge in [0.2, 0.25) is 11.8 Å². The number of nitrogens with zero attached hydrogens (tertiary/aromatic N) is 1. The summed E-state index contributed by atoms with van der Waals surface area (Å²) in [4.78, 5) is 40.8. The van der Waals surface area contributed by atoms with Crippen molar-refractivity contribution in [2.45, 2.75) is 102 Å². The second-order valence-corrected chi connectivity index (χ2v) is 17.7. The highest BCUT2D eigenvalue weighted by molar-refractivity contribution is 7.91. The molecule has 2 aromatic rings. The zero-order chi connectivity index (χ0) is 37.8. The van der Waals surface area contributed by atoms with Crippen LogP contribution in [0.1, 0.15) is 72.3 Å². The van der Waals surface area contributed by atoms with E-state index < -0.39 is 39.6 Å². The van der Waals surface area contributed by atoms with Gasteiger partial charge in [0.1, 0.15) is 21.4 Å². The number of nitrogens with one attached hydrogen (secondary N) is 3. The van der Waals surface area contributed by atoms with Crippen LogP contribution in [0, 0.1) is 17.7 Å². The van der Waals surface area contributed by atoms with Gasteiger partial charge in [0.05, 0.1) is 30.0 Å². The minimum absolute atomic E-state index is 0.0273. The summed E-state index contributed by atoms with van der Waals surface area (Å²) in [5.74, 6) is -0.301. The van der Waals surface area contributed by atoms with Crippen molar-refractivity contribution in [3.8, 4) is 5.75 Å². The largest absolute Gasteiger partial charge is 0.484 e. The van der Waals surface area contributed by atoms with Gasteiger partial charge in [-0.2, -0.15) is 0 Å². The first kappa shape index (κ1) is 41.9. The van der Waals surface area contributed by atoms with E-state index in [-0.39, 0.29) is 48.2 Å². The van der Waals surface area contributed by atoms with Gasteiger partial charge in [-0.25, -0.2) is 12.8 Å². The van der Waals surface area contributed by atoms with Crippen LogP contribution in [0.15, 0.2) is 54.6 Å². The number of benzene rings is 2. The molecule has 5 atom stereocenters. The van der Waals surface area contributed by atoms with Gasteiger partial charge in [-0.3, -0.25) is 19.3 Å². The van der Waals surface area contributed by atoms with Crippen molar-refractivity contribution >= 4 is 27.6 Å². The predicted molar refractivity (Wildman–Crippen MR) is 196 cm³/mol. The zero-order valence-corrected chi connectivity index (χ0v) is 31.7. The Morgan fingerprint density at radius 3 is 2.25 bits per heavy atom. The second kappa shape index (κ2) is 19.3. The predicted octanol–water partition coefficient (Wildman–Crippen LogP) is 3.64.